The van der Waals surface area contributed by atoms with E-state index in [0.29, 0.717) is 0 Å². The van der Waals surface area contributed by atoms with E-state index in [1.54, 1.807) is 0 Å². The maximum absolute atomic E-state index is 5.62. The van der Waals surface area contributed by atoms with Crippen LogP contribution in [0.5, 0.6) is 0 Å². The van der Waals surface area contributed by atoms with E-state index in [0.717, 1.165) is 30.3 Å². The Balaban J connectivity index is 1.61. The molecular formula is C19H19N3S. The molecule has 3 aromatic rings. The molecule has 0 saturated carbocycles. The molecular weight excluding hydrogens is 302 g/mol. The van der Waals surface area contributed by atoms with E-state index < -0.39 is 0 Å². The number of aryl methyl sites for hydroxylation is 1. The van der Waals surface area contributed by atoms with Gasteiger partial charge in [0.2, 0.25) is 0 Å². The summed E-state index contributed by atoms with van der Waals surface area (Å²) in [5.74, 6) is 0. The Kier molecular flexibility index (Phi) is 3.54. The first kappa shape index (κ1) is 14.3. The zero-order valence-electron chi connectivity index (χ0n) is 13.1. The Labute approximate surface area is 141 Å². The molecule has 4 rings (SSSR count). The van der Waals surface area contributed by atoms with E-state index in [1.165, 1.54) is 22.2 Å². The van der Waals surface area contributed by atoms with E-state index in [1.807, 2.05) is 30.3 Å². The van der Waals surface area contributed by atoms with Crippen molar-refractivity contribution in [3.8, 4) is 0 Å². The van der Waals surface area contributed by atoms with Gasteiger partial charge in [0.1, 0.15) is 0 Å². The second-order valence-electron chi connectivity index (χ2n) is 5.97. The highest BCUT2D eigenvalue weighted by Crippen LogP contribution is 2.30. The molecule has 0 spiro atoms. The summed E-state index contributed by atoms with van der Waals surface area (Å²) in [6.07, 6.45) is 1.02. The monoisotopic (exact) mass is 321 g/mol. The first-order chi connectivity index (χ1) is 11.2. The number of hydrogen-bond acceptors (Lipinski definition) is 1. The van der Waals surface area contributed by atoms with Crippen molar-refractivity contribution in [3.05, 3.63) is 65.9 Å². The third-order valence-corrected chi connectivity index (χ3v) is 4.98. The number of anilines is 1. The summed E-state index contributed by atoms with van der Waals surface area (Å²) in [5, 5.41) is 5.49. The van der Waals surface area contributed by atoms with Crippen LogP contribution in [-0.2, 0) is 20.0 Å². The fourth-order valence-corrected chi connectivity index (χ4v) is 3.70. The molecule has 0 amide bonds. The third kappa shape index (κ3) is 2.49. The van der Waals surface area contributed by atoms with Crippen molar-refractivity contribution in [1.29, 1.82) is 0 Å². The molecule has 0 radical (unpaired) electrons. The number of hydrogen-bond donors (Lipinski definition) is 1. The van der Waals surface area contributed by atoms with Crippen LogP contribution in [-0.4, -0.2) is 21.1 Å². The van der Waals surface area contributed by atoms with Crippen molar-refractivity contribution < 1.29 is 0 Å². The SMILES string of the molecule is Cn1c2c(c3ccccc31)CN(C(=S)Nc1ccccc1)CC2. The van der Waals surface area contributed by atoms with Gasteiger partial charge in [-0.15, -0.1) is 0 Å². The molecule has 116 valence electrons. The van der Waals surface area contributed by atoms with Gasteiger partial charge in [-0.1, -0.05) is 36.4 Å². The number of rotatable bonds is 1. The van der Waals surface area contributed by atoms with Gasteiger partial charge in [-0.25, -0.2) is 0 Å². The van der Waals surface area contributed by atoms with Crippen LogP contribution in [0.1, 0.15) is 11.3 Å². The second-order valence-corrected chi connectivity index (χ2v) is 6.36. The molecule has 0 bridgehead atoms. The molecule has 3 nitrogen and oxygen atoms in total. The summed E-state index contributed by atoms with van der Waals surface area (Å²) in [7, 11) is 2.16. The largest absolute Gasteiger partial charge is 0.347 e. The average molecular weight is 321 g/mol. The molecule has 0 saturated heterocycles. The van der Waals surface area contributed by atoms with Crippen LogP contribution < -0.4 is 5.32 Å². The first-order valence-electron chi connectivity index (χ1n) is 7.90. The van der Waals surface area contributed by atoms with Crippen LogP contribution in [0.4, 0.5) is 5.69 Å². The van der Waals surface area contributed by atoms with Crippen molar-refractivity contribution in [2.45, 2.75) is 13.0 Å². The van der Waals surface area contributed by atoms with Gasteiger partial charge in [0, 0.05) is 54.4 Å². The predicted octanol–water partition coefficient (Wildman–Crippen LogP) is 3.93. The quantitative estimate of drug-likeness (QED) is 0.686. The highest BCUT2D eigenvalue weighted by atomic mass is 32.1. The summed E-state index contributed by atoms with van der Waals surface area (Å²) in [6, 6.07) is 18.8. The lowest BCUT2D eigenvalue weighted by atomic mass is 10.0. The van der Waals surface area contributed by atoms with Crippen LogP contribution in [0.15, 0.2) is 54.6 Å². The Morgan fingerprint density at radius 2 is 1.78 bits per heavy atom. The number of fused-ring (bicyclic) bond motifs is 3. The van der Waals surface area contributed by atoms with E-state index in [4.69, 9.17) is 12.2 Å². The molecule has 1 aliphatic rings. The summed E-state index contributed by atoms with van der Waals surface area (Å²) in [5.41, 5.74) is 5.19. The minimum atomic E-state index is 0.801. The lowest BCUT2D eigenvalue weighted by Crippen LogP contribution is -2.38. The van der Waals surface area contributed by atoms with Gasteiger partial charge in [-0.2, -0.15) is 0 Å². The summed E-state index contributed by atoms with van der Waals surface area (Å²) < 4.78 is 2.33. The van der Waals surface area contributed by atoms with Gasteiger partial charge in [-0.05, 0) is 30.4 Å². The van der Waals surface area contributed by atoms with E-state index in [9.17, 15) is 0 Å². The summed E-state index contributed by atoms with van der Waals surface area (Å²) in [6.45, 7) is 1.82. The molecule has 0 unspecified atom stereocenters. The average Bonchev–Trinajstić information content (AvgIpc) is 2.89. The number of benzene rings is 2. The molecule has 1 aromatic heterocycles. The molecule has 1 aliphatic heterocycles. The van der Waals surface area contributed by atoms with Gasteiger partial charge < -0.3 is 14.8 Å². The summed E-state index contributed by atoms with van der Waals surface area (Å²) >= 11 is 5.62. The Bertz CT molecular complexity index is 867. The second kappa shape index (κ2) is 5.70. The molecule has 0 fully saturated rings. The van der Waals surface area contributed by atoms with E-state index in [-0.39, 0.29) is 0 Å². The summed E-state index contributed by atoms with van der Waals surface area (Å²) in [4.78, 5) is 2.26. The Hall–Kier alpha value is -2.33. The molecule has 1 N–H and O–H groups in total. The van der Waals surface area contributed by atoms with Crippen molar-refractivity contribution in [2.24, 2.45) is 7.05 Å². The zero-order chi connectivity index (χ0) is 15.8. The first-order valence-corrected chi connectivity index (χ1v) is 8.31. The fourth-order valence-electron chi connectivity index (χ4n) is 3.43. The number of nitrogens with zero attached hydrogens (tertiary/aromatic N) is 2. The van der Waals surface area contributed by atoms with Crippen LogP contribution in [0.3, 0.4) is 0 Å². The molecule has 2 heterocycles. The maximum Gasteiger partial charge on any atom is 0.173 e. The van der Waals surface area contributed by atoms with Crippen LogP contribution in [0.25, 0.3) is 10.9 Å². The number of thiocarbonyl (C=S) groups is 1. The van der Waals surface area contributed by atoms with Crippen molar-refractivity contribution in [2.75, 3.05) is 11.9 Å². The normalized spacial score (nSPS) is 13.9. The van der Waals surface area contributed by atoms with Crippen molar-refractivity contribution >= 4 is 33.9 Å². The van der Waals surface area contributed by atoms with E-state index >= 15 is 0 Å². The molecule has 4 heteroatoms. The number of nitrogens with one attached hydrogen (secondary N) is 1. The molecule has 2 aromatic carbocycles. The van der Waals surface area contributed by atoms with Crippen LogP contribution in [0.2, 0.25) is 0 Å². The van der Waals surface area contributed by atoms with E-state index in [2.05, 4.69) is 46.1 Å². The predicted molar refractivity (Wildman–Crippen MR) is 99.7 cm³/mol. The number of aromatic nitrogens is 1. The highest BCUT2D eigenvalue weighted by Gasteiger charge is 2.23. The van der Waals surface area contributed by atoms with Crippen LogP contribution >= 0.6 is 12.2 Å². The molecule has 0 aliphatic carbocycles. The topological polar surface area (TPSA) is 20.2 Å². The van der Waals surface area contributed by atoms with Gasteiger partial charge in [0.05, 0.1) is 0 Å². The van der Waals surface area contributed by atoms with Crippen LogP contribution in [0, 0.1) is 0 Å². The van der Waals surface area contributed by atoms with Gasteiger partial charge in [-0.3, -0.25) is 0 Å². The smallest absolute Gasteiger partial charge is 0.173 e. The standard InChI is InChI=1S/C19H19N3S/c1-21-17-10-6-5-9-15(17)16-13-22(12-11-18(16)21)19(23)20-14-7-3-2-4-8-14/h2-10H,11-13H2,1H3,(H,20,23). The Morgan fingerprint density at radius 3 is 2.61 bits per heavy atom. The lowest BCUT2D eigenvalue weighted by molar-refractivity contribution is 0.395. The van der Waals surface area contributed by atoms with Gasteiger partial charge >= 0.3 is 0 Å². The zero-order valence-corrected chi connectivity index (χ0v) is 13.9. The van der Waals surface area contributed by atoms with Crippen molar-refractivity contribution in [1.82, 2.24) is 9.47 Å². The van der Waals surface area contributed by atoms with Gasteiger partial charge in [0.25, 0.3) is 0 Å². The maximum atomic E-state index is 5.62. The van der Waals surface area contributed by atoms with Crippen molar-refractivity contribution in [3.63, 3.8) is 0 Å². The lowest BCUT2D eigenvalue weighted by Gasteiger charge is -2.30. The molecule has 0 atom stereocenters. The minimum absolute atomic E-state index is 0.801. The third-order valence-electron chi connectivity index (χ3n) is 4.62. The number of para-hydroxylation sites is 2. The molecule has 23 heavy (non-hydrogen) atoms. The highest BCUT2D eigenvalue weighted by molar-refractivity contribution is 7.80. The Morgan fingerprint density at radius 1 is 1.04 bits per heavy atom. The fraction of sp³-hybridized carbons (Fsp3) is 0.211. The minimum Gasteiger partial charge on any atom is -0.347 e. The van der Waals surface area contributed by atoms with Gasteiger partial charge in [0.15, 0.2) is 5.11 Å².